The smallest absolute Gasteiger partial charge is 0.257 e. The molecule has 1 N–H and O–H groups in total. The first kappa shape index (κ1) is 21.7. The lowest BCUT2D eigenvalue weighted by Gasteiger charge is -2.11. The van der Waals surface area contributed by atoms with Crippen molar-refractivity contribution in [2.24, 2.45) is 0 Å². The van der Waals surface area contributed by atoms with Gasteiger partial charge in [0.15, 0.2) is 5.58 Å². The van der Waals surface area contributed by atoms with Crippen molar-refractivity contribution in [3.8, 4) is 5.75 Å². The van der Waals surface area contributed by atoms with Crippen LogP contribution in [0.3, 0.4) is 0 Å². The van der Waals surface area contributed by atoms with Crippen molar-refractivity contribution >= 4 is 34.5 Å². The number of anilines is 1. The number of ether oxygens (including phenoxy) is 1. The highest BCUT2D eigenvalue weighted by Gasteiger charge is 2.14. The molecule has 168 valence electrons. The van der Waals surface area contributed by atoms with E-state index in [2.05, 4.69) is 15.3 Å². The third kappa shape index (κ3) is 5.27. The van der Waals surface area contributed by atoms with Gasteiger partial charge in [0.1, 0.15) is 17.9 Å². The molecule has 6 nitrogen and oxygen atoms in total. The molecule has 0 bridgehead atoms. The highest BCUT2D eigenvalue weighted by molar-refractivity contribution is 7.98. The van der Waals surface area contributed by atoms with Crippen LogP contribution >= 0.6 is 11.8 Å². The van der Waals surface area contributed by atoms with E-state index in [4.69, 9.17) is 9.15 Å². The molecule has 5 aromatic rings. The first-order chi connectivity index (χ1) is 16.7. The summed E-state index contributed by atoms with van der Waals surface area (Å²) < 4.78 is 11.6. The molecule has 1 amide bonds. The minimum absolute atomic E-state index is 0.185. The topological polar surface area (TPSA) is 77.2 Å². The summed E-state index contributed by atoms with van der Waals surface area (Å²) >= 11 is 1.46. The second-order valence-electron chi connectivity index (χ2n) is 7.49. The van der Waals surface area contributed by atoms with Crippen molar-refractivity contribution < 1.29 is 13.9 Å². The Labute approximate surface area is 201 Å². The number of para-hydroxylation sites is 2. The number of aromatic nitrogens is 2. The Hall–Kier alpha value is -4.10. The summed E-state index contributed by atoms with van der Waals surface area (Å²) in [6.45, 7) is 0.355. The Morgan fingerprint density at radius 2 is 1.79 bits per heavy atom. The van der Waals surface area contributed by atoms with Gasteiger partial charge in [-0.1, -0.05) is 54.2 Å². The van der Waals surface area contributed by atoms with Crippen molar-refractivity contribution in [1.29, 1.82) is 0 Å². The molecule has 0 aliphatic carbocycles. The van der Waals surface area contributed by atoms with Crippen LogP contribution in [0.5, 0.6) is 5.75 Å². The van der Waals surface area contributed by atoms with Crippen LogP contribution in [-0.4, -0.2) is 15.9 Å². The summed E-state index contributed by atoms with van der Waals surface area (Å²) in [4.78, 5) is 21.8. The van der Waals surface area contributed by atoms with E-state index in [0.717, 1.165) is 22.4 Å². The molecule has 0 radical (unpaired) electrons. The van der Waals surface area contributed by atoms with Gasteiger partial charge in [-0.25, -0.2) is 4.98 Å². The largest absolute Gasteiger partial charge is 0.487 e. The van der Waals surface area contributed by atoms with E-state index in [1.165, 1.54) is 11.8 Å². The number of carbonyl (C=O) groups is 1. The van der Waals surface area contributed by atoms with Crippen LogP contribution in [0.2, 0.25) is 0 Å². The Morgan fingerprint density at radius 1 is 0.941 bits per heavy atom. The Bertz CT molecular complexity index is 1390. The van der Waals surface area contributed by atoms with Crippen molar-refractivity contribution in [3.63, 3.8) is 0 Å². The molecule has 0 unspecified atom stereocenters. The first-order valence-corrected chi connectivity index (χ1v) is 11.7. The van der Waals surface area contributed by atoms with Gasteiger partial charge < -0.3 is 14.5 Å². The lowest BCUT2D eigenvalue weighted by molar-refractivity contribution is 0.102. The lowest BCUT2D eigenvalue weighted by atomic mass is 10.1. The summed E-state index contributed by atoms with van der Waals surface area (Å²) in [5.74, 6) is 1.03. The molecule has 0 atom stereocenters. The summed E-state index contributed by atoms with van der Waals surface area (Å²) in [5, 5.41) is 3.55. The molecule has 0 aliphatic heterocycles. The summed E-state index contributed by atoms with van der Waals surface area (Å²) in [6.07, 6.45) is 1.73. The number of amides is 1. The molecule has 3 aromatic carbocycles. The number of pyridine rings is 1. The fourth-order valence-corrected chi connectivity index (χ4v) is 4.27. The number of fused-ring (bicyclic) bond motifs is 1. The average Bonchev–Trinajstić information content (AvgIpc) is 3.30. The number of rotatable bonds is 8. The maximum atomic E-state index is 13.1. The molecular formula is C27H21N3O3S. The van der Waals surface area contributed by atoms with E-state index in [0.29, 0.717) is 34.6 Å². The fraction of sp³-hybridized carbons (Fsp3) is 0.0741. The Morgan fingerprint density at radius 3 is 2.68 bits per heavy atom. The molecule has 34 heavy (non-hydrogen) atoms. The molecule has 0 saturated carbocycles. The van der Waals surface area contributed by atoms with E-state index >= 15 is 0 Å². The molecule has 0 aliphatic rings. The van der Waals surface area contributed by atoms with Gasteiger partial charge in [0.2, 0.25) is 0 Å². The van der Waals surface area contributed by atoms with Crippen molar-refractivity contribution in [3.05, 3.63) is 114 Å². The second-order valence-corrected chi connectivity index (χ2v) is 8.41. The number of hydrogen-bond donors (Lipinski definition) is 1. The number of nitrogens with zero attached hydrogens (tertiary/aromatic N) is 2. The third-order valence-corrected chi connectivity index (χ3v) is 5.97. The first-order valence-electron chi connectivity index (χ1n) is 10.7. The zero-order chi connectivity index (χ0) is 23.2. The molecule has 7 heteroatoms. The minimum atomic E-state index is -0.185. The van der Waals surface area contributed by atoms with Crippen molar-refractivity contribution in [2.45, 2.75) is 17.6 Å². The molecule has 5 rings (SSSR count). The highest BCUT2D eigenvalue weighted by atomic mass is 32.2. The van der Waals surface area contributed by atoms with Crippen LogP contribution in [-0.2, 0) is 12.4 Å². The van der Waals surface area contributed by atoms with E-state index in [-0.39, 0.29) is 5.91 Å². The monoisotopic (exact) mass is 467 g/mol. The SMILES string of the molecule is O=C(Nc1cccc(OCc2ccccn2)c1)c1ccccc1CSc1nc2ccccc2o1. The second kappa shape index (κ2) is 10.2. The van der Waals surface area contributed by atoms with E-state index < -0.39 is 0 Å². The van der Waals surface area contributed by atoms with Crippen LogP contribution < -0.4 is 10.1 Å². The van der Waals surface area contributed by atoms with Crippen LogP contribution in [0.15, 0.2) is 107 Å². The number of nitrogens with one attached hydrogen (secondary N) is 1. The van der Waals surface area contributed by atoms with Gasteiger partial charge in [0.25, 0.3) is 11.1 Å². The number of thioether (sulfide) groups is 1. The molecule has 2 aromatic heterocycles. The predicted octanol–water partition coefficient (Wildman–Crippen LogP) is 6.35. The number of benzene rings is 3. The summed E-state index contributed by atoms with van der Waals surface area (Å²) in [7, 11) is 0. The fourth-order valence-electron chi connectivity index (χ4n) is 3.42. The zero-order valence-corrected chi connectivity index (χ0v) is 19.0. The number of hydrogen-bond acceptors (Lipinski definition) is 6. The van der Waals surface area contributed by atoms with Crippen LogP contribution in [0.25, 0.3) is 11.1 Å². The predicted molar refractivity (Wildman–Crippen MR) is 133 cm³/mol. The van der Waals surface area contributed by atoms with E-state index in [1.807, 2.05) is 84.9 Å². The van der Waals surface area contributed by atoms with Gasteiger partial charge in [-0.3, -0.25) is 9.78 Å². The van der Waals surface area contributed by atoms with Crippen molar-refractivity contribution in [1.82, 2.24) is 9.97 Å². The number of oxazole rings is 1. The third-order valence-electron chi connectivity index (χ3n) is 5.09. The Kier molecular flexibility index (Phi) is 6.54. The quantitative estimate of drug-likeness (QED) is 0.268. The van der Waals surface area contributed by atoms with E-state index in [9.17, 15) is 4.79 Å². The molecule has 0 spiro atoms. The van der Waals surface area contributed by atoms with Gasteiger partial charge in [0.05, 0.1) is 5.69 Å². The van der Waals surface area contributed by atoms with Gasteiger partial charge in [0, 0.05) is 29.3 Å². The minimum Gasteiger partial charge on any atom is -0.487 e. The highest BCUT2D eigenvalue weighted by Crippen LogP contribution is 2.28. The maximum Gasteiger partial charge on any atom is 0.257 e. The normalized spacial score (nSPS) is 10.8. The van der Waals surface area contributed by atoms with Crippen molar-refractivity contribution in [2.75, 3.05) is 5.32 Å². The van der Waals surface area contributed by atoms with Crippen LogP contribution in [0, 0.1) is 0 Å². The molecule has 0 fully saturated rings. The standard InChI is InChI=1S/C27H21N3O3S/c31-26(29-20-10-7-11-22(16-20)32-17-21-9-5-6-15-28-21)23-12-2-1-8-19(23)18-34-27-30-24-13-3-4-14-25(24)33-27/h1-16H,17-18H2,(H,29,31). The Balaban J connectivity index is 1.25. The summed E-state index contributed by atoms with van der Waals surface area (Å²) in [6, 6.07) is 28.2. The van der Waals surface area contributed by atoms with E-state index in [1.54, 1.807) is 12.3 Å². The number of carbonyl (C=O) groups excluding carboxylic acids is 1. The maximum absolute atomic E-state index is 13.1. The average molecular weight is 468 g/mol. The zero-order valence-electron chi connectivity index (χ0n) is 18.2. The van der Waals surface area contributed by atoms with Gasteiger partial charge >= 0.3 is 0 Å². The lowest BCUT2D eigenvalue weighted by Crippen LogP contribution is -2.14. The summed E-state index contributed by atoms with van der Waals surface area (Å²) in [5.41, 5.74) is 4.57. The molecule has 0 saturated heterocycles. The van der Waals surface area contributed by atoms with Gasteiger partial charge in [-0.05, 0) is 48.0 Å². The molecular weight excluding hydrogens is 446 g/mol. The molecule has 2 heterocycles. The van der Waals surface area contributed by atoms with Gasteiger partial charge in [-0.2, -0.15) is 0 Å². The van der Waals surface area contributed by atoms with Crippen LogP contribution in [0.4, 0.5) is 5.69 Å². The van der Waals surface area contributed by atoms with Gasteiger partial charge in [-0.15, -0.1) is 0 Å². The van der Waals surface area contributed by atoms with Crippen LogP contribution in [0.1, 0.15) is 21.6 Å².